The van der Waals surface area contributed by atoms with Crippen molar-refractivity contribution >= 4 is 23.2 Å². The minimum absolute atomic E-state index is 0.0356. The van der Waals surface area contributed by atoms with E-state index in [1.54, 1.807) is 18.5 Å². The summed E-state index contributed by atoms with van der Waals surface area (Å²) in [7, 11) is 0. The van der Waals surface area contributed by atoms with E-state index in [9.17, 15) is 0 Å². The van der Waals surface area contributed by atoms with Gasteiger partial charge in [0.2, 0.25) is 0 Å². The van der Waals surface area contributed by atoms with Gasteiger partial charge in [-0.15, -0.1) is 0 Å². The van der Waals surface area contributed by atoms with Gasteiger partial charge in [0.05, 0.1) is 13.2 Å². The van der Waals surface area contributed by atoms with Gasteiger partial charge in [-0.25, -0.2) is 0 Å². The highest BCUT2D eigenvalue weighted by molar-refractivity contribution is 6.34. The number of halogens is 2. The zero-order valence-corrected chi connectivity index (χ0v) is 16.9. The quantitative estimate of drug-likeness (QED) is 0.590. The average molecular weight is 414 g/mol. The first-order valence-corrected chi connectivity index (χ1v) is 10.1. The predicted molar refractivity (Wildman–Crippen MR) is 112 cm³/mol. The van der Waals surface area contributed by atoms with Gasteiger partial charge in [0.15, 0.2) is 0 Å². The molecule has 1 fully saturated rings. The van der Waals surface area contributed by atoms with Gasteiger partial charge in [-0.3, -0.25) is 14.9 Å². The van der Waals surface area contributed by atoms with E-state index in [0.717, 1.165) is 29.8 Å². The SMILES string of the molecule is Clc1cc(Cl)cc(C(C(c2cccnc2)c2cccnc2)N2CCOCC2)c1. The van der Waals surface area contributed by atoms with Crippen LogP contribution in [-0.4, -0.2) is 41.2 Å². The minimum atomic E-state index is 0.0356. The summed E-state index contributed by atoms with van der Waals surface area (Å²) in [6, 6.07) is 14.0. The van der Waals surface area contributed by atoms with Crippen LogP contribution in [0.25, 0.3) is 0 Å². The van der Waals surface area contributed by atoms with Crippen LogP contribution in [0.1, 0.15) is 28.7 Å². The smallest absolute Gasteiger partial charge is 0.0594 e. The first-order chi connectivity index (χ1) is 13.7. The Bertz CT molecular complexity index is 842. The van der Waals surface area contributed by atoms with E-state index >= 15 is 0 Å². The second-order valence-corrected chi connectivity index (χ2v) is 7.72. The molecule has 6 heteroatoms. The summed E-state index contributed by atoms with van der Waals surface area (Å²) in [5, 5.41) is 1.27. The second kappa shape index (κ2) is 9.01. The molecule has 3 aromatic rings. The Morgan fingerprint density at radius 2 is 1.39 bits per heavy atom. The fourth-order valence-corrected chi connectivity index (χ4v) is 4.44. The molecule has 1 aliphatic heterocycles. The average Bonchev–Trinajstić information content (AvgIpc) is 2.73. The maximum atomic E-state index is 6.38. The number of rotatable bonds is 5. The van der Waals surface area contributed by atoms with Gasteiger partial charge < -0.3 is 4.74 Å². The number of nitrogens with zero attached hydrogens (tertiary/aromatic N) is 3. The largest absolute Gasteiger partial charge is 0.379 e. The summed E-state index contributed by atoms with van der Waals surface area (Å²) in [6.45, 7) is 3.09. The van der Waals surface area contributed by atoms with Crippen LogP contribution >= 0.6 is 23.2 Å². The number of aromatic nitrogens is 2. The van der Waals surface area contributed by atoms with E-state index < -0.39 is 0 Å². The number of hydrogen-bond donors (Lipinski definition) is 0. The third-order valence-electron chi connectivity index (χ3n) is 5.07. The highest BCUT2D eigenvalue weighted by atomic mass is 35.5. The Balaban J connectivity index is 1.88. The van der Waals surface area contributed by atoms with Gasteiger partial charge in [0.1, 0.15) is 0 Å². The molecule has 3 heterocycles. The molecule has 0 spiro atoms. The molecule has 1 atom stereocenters. The van der Waals surface area contributed by atoms with Crippen molar-refractivity contribution in [2.45, 2.75) is 12.0 Å². The lowest BCUT2D eigenvalue weighted by atomic mass is 9.82. The molecule has 4 nitrogen and oxygen atoms in total. The Morgan fingerprint density at radius 3 is 1.89 bits per heavy atom. The molecule has 144 valence electrons. The lowest BCUT2D eigenvalue weighted by molar-refractivity contribution is 0.0124. The van der Waals surface area contributed by atoms with Gasteiger partial charge in [0.25, 0.3) is 0 Å². The molecule has 0 aliphatic carbocycles. The molecule has 0 radical (unpaired) electrons. The Hall–Kier alpha value is -1.98. The molecule has 0 amide bonds. The summed E-state index contributed by atoms with van der Waals surface area (Å²) >= 11 is 12.8. The molecule has 0 saturated carbocycles. The second-order valence-electron chi connectivity index (χ2n) is 6.85. The lowest BCUT2D eigenvalue weighted by Crippen LogP contribution is -2.41. The molecular weight excluding hydrogens is 393 g/mol. The van der Waals surface area contributed by atoms with Gasteiger partial charge in [-0.1, -0.05) is 35.3 Å². The van der Waals surface area contributed by atoms with Crippen LogP contribution < -0.4 is 0 Å². The monoisotopic (exact) mass is 413 g/mol. The Kier molecular flexibility index (Phi) is 6.23. The summed E-state index contributed by atoms with van der Waals surface area (Å²) in [5.74, 6) is 0.0371. The highest BCUT2D eigenvalue weighted by Crippen LogP contribution is 2.42. The minimum Gasteiger partial charge on any atom is -0.379 e. The van der Waals surface area contributed by atoms with E-state index in [-0.39, 0.29) is 12.0 Å². The van der Waals surface area contributed by atoms with Crippen molar-refractivity contribution in [2.24, 2.45) is 0 Å². The van der Waals surface area contributed by atoms with Crippen molar-refractivity contribution in [2.75, 3.05) is 26.3 Å². The molecule has 28 heavy (non-hydrogen) atoms. The van der Waals surface area contributed by atoms with Crippen LogP contribution in [0.2, 0.25) is 10.0 Å². The molecule has 2 aromatic heterocycles. The highest BCUT2D eigenvalue weighted by Gasteiger charge is 2.33. The van der Waals surface area contributed by atoms with Crippen molar-refractivity contribution in [3.05, 3.63) is 94.0 Å². The van der Waals surface area contributed by atoms with Gasteiger partial charge in [-0.05, 0) is 47.0 Å². The maximum absolute atomic E-state index is 6.38. The molecule has 1 unspecified atom stereocenters. The molecule has 1 aliphatic rings. The summed E-state index contributed by atoms with van der Waals surface area (Å²) < 4.78 is 5.61. The van der Waals surface area contributed by atoms with Gasteiger partial charge in [-0.2, -0.15) is 0 Å². The normalized spacial score (nSPS) is 16.2. The van der Waals surface area contributed by atoms with Crippen molar-refractivity contribution in [3.8, 4) is 0 Å². The summed E-state index contributed by atoms with van der Waals surface area (Å²) in [6.07, 6.45) is 7.45. The van der Waals surface area contributed by atoms with E-state index in [1.165, 1.54) is 0 Å². The standard InChI is InChI=1S/C22H21Cl2N3O/c23-19-11-18(12-20(24)13-19)22(27-7-9-28-10-8-27)21(16-3-1-5-25-14-16)17-4-2-6-26-15-17/h1-6,11-15,21-22H,7-10H2. The van der Waals surface area contributed by atoms with Crippen molar-refractivity contribution < 1.29 is 4.74 Å². The fraction of sp³-hybridized carbons (Fsp3) is 0.273. The molecule has 0 N–H and O–H groups in total. The number of ether oxygens (including phenoxy) is 1. The number of morpholine rings is 1. The van der Waals surface area contributed by atoms with E-state index in [4.69, 9.17) is 27.9 Å². The molecular formula is C22H21Cl2N3O. The molecule has 0 bridgehead atoms. The Morgan fingerprint density at radius 1 is 0.821 bits per heavy atom. The number of hydrogen-bond acceptors (Lipinski definition) is 4. The van der Waals surface area contributed by atoms with E-state index in [0.29, 0.717) is 23.3 Å². The first kappa shape index (κ1) is 19.3. The first-order valence-electron chi connectivity index (χ1n) is 9.30. The lowest BCUT2D eigenvalue weighted by Gasteiger charge is -2.40. The van der Waals surface area contributed by atoms with Gasteiger partial charge in [0, 0.05) is 59.9 Å². The van der Waals surface area contributed by atoms with E-state index in [1.807, 2.05) is 36.7 Å². The maximum Gasteiger partial charge on any atom is 0.0594 e. The van der Waals surface area contributed by atoms with Crippen LogP contribution in [0.4, 0.5) is 0 Å². The topological polar surface area (TPSA) is 38.2 Å². The van der Waals surface area contributed by atoms with Crippen LogP contribution in [0.5, 0.6) is 0 Å². The van der Waals surface area contributed by atoms with Crippen molar-refractivity contribution in [1.29, 1.82) is 0 Å². The molecule has 4 rings (SSSR count). The van der Waals surface area contributed by atoms with Gasteiger partial charge >= 0.3 is 0 Å². The zero-order chi connectivity index (χ0) is 19.3. The van der Waals surface area contributed by atoms with E-state index in [2.05, 4.69) is 27.0 Å². The third-order valence-corrected chi connectivity index (χ3v) is 5.50. The molecule has 1 aromatic carbocycles. The van der Waals surface area contributed by atoms with Crippen LogP contribution in [0, 0.1) is 0 Å². The number of pyridine rings is 2. The zero-order valence-electron chi connectivity index (χ0n) is 15.3. The Labute approximate surface area is 175 Å². The van der Waals surface area contributed by atoms with Crippen molar-refractivity contribution in [1.82, 2.24) is 14.9 Å². The van der Waals surface area contributed by atoms with Crippen LogP contribution in [-0.2, 0) is 4.74 Å². The summed E-state index contributed by atoms with van der Waals surface area (Å²) in [5.41, 5.74) is 3.34. The number of benzene rings is 1. The summed E-state index contributed by atoms with van der Waals surface area (Å²) in [4.78, 5) is 11.2. The van der Waals surface area contributed by atoms with Crippen LogP contribution in [0.3, 0.4) is 0 Å². The third kappa shape index (κ3) is 4.36. The van der Waals surface area contributed by atoms with Crippen molar-refractivity contribution in [3.63, 3.8) is 0 Å². The predicted octanol–water partition coefficient (Wildman–Crippen LogP) is 4.99. The molecule has 1 saturated heterocycles. The fourth-order valence-electron chi connectivity index (χ4n) is 3.89. The van der Waals surface area contributed by atoms with Crippen LogP contribution in [0.15, 0.2) is 67.3 Å².